The van der Waals surface area contributed by atoms with E-state index in [2.05, 4.69) is 15.2 Å². The van der Waals surface area contributed by atoms with Crippen LogP contribution in [0, 0.1) is 12.8 Å². The van der Waals surface area contributed by atoms with Crippen LogP contribution in [-0.4, -0.2) is 51.7 Å². The Hall–Kier alpha value is -3.38. The minimum atomic E-state index is -0.739. The minimum Gasteiger partial charge on any atom is -0.411 e. The zero-order valence-corrected chi connectivity index (χ0v) is 20.3. The van der Waals surface area contributed by atoms with Crippen LogP contribution in [0.2, 0.25) is 0 Å². The number of amides is 1. The molecule has 12 heteroatoms. The van der Waals surface area contributed by atoms with Crippen LogP contribution in [0.5, 0.6) is 0 Å². The summed E-state index contributed by atoms with van der Waals surface area (Å²) in [6.45, 7) is 6.33. The van der Waals surface area contributed by atoms with Crippen molar-refractivity contribution in [1.29, 1.82) is 0 Å². The van der Waals surface area contributed by atoms with Gasteiger partial charge in [0.05, 0.1) is 12.4 Å². The first-order valence-corrected chi connectivity index (χ1v) is 11.6. The number of aromatic nitrogens is 4. The number of ether oxygens (including phenoxy) is 1. The van der Waals surface area contributed by atoms with Crippen LogP contribution in [0.3, 0.4) is 0 Å². The molecule has 0 unspecified atom stereocenters. The second kappa shape index (κ2) is 11.2. The molecule has 0 atom stereocenters. The van der Waals surface area contributed by atoms with E-state index in [9.17, 15) is 14.4 Å². The van der Waals surface area contributed by atoms with E-state index in [1.54, 1.807) is 0 Å². The largest absolute Gasteiger partial charge is 0.411 e. The van der Waals surface area contributed by atoms with Crippen LogP contribution in [0.4, 0.5) is 11.5 Å². The molecule has 0 fully saturated rings. The minimum absolute atomic E-state index is 0.0709. The van der Waals surface area contributed by atoms with Crippen LogP contribution < -0.4 is 21.9 Å². The van der Waals surface area contributed by atoms with Crippen LogP contribution in [0.15, 0.2) is 43.5 Å². The fourth-order valence-electron chi connectivity index (χ4n) is 3.21. The van der Waals surface area contributed by atoms with Crippen molar-refractivity contribution in [3.63, 3.8) is 0 Å². The number of rotatable bonds is 10. The quantitative estimate of drug-likeness (QED) is 0.408. The molecular formula is C22H28N6O5S. The molecule has 0 aliphatic heterocycles. The van der Waals surface area contributed by atoms with Gasteiger partial charge in [0, 0.05) is 25.8 Å². The van der Waals surface area contributed by atoms with Crippen LogP contribution in [0.25, 0.3) is 11.5 Å². The molecule has 3 rings (SSSR count). The normalized spacial score (nSPS) is 11.2. The van der Waals surface area contributed by atoms with Crippen molar-refractivity contribution in [2.24, 2.45) is 5.92 Å². The molecule has 1 amide bonds. The summed E-state index contributed by atoms with van der Waals surface area (Å²) in [7, 11) is 1.48. The van der Waals surface area contributed by atoms with Gasteiger partial charge in [-0.1, -0.05) is 43.3 Å². The number of aromatic amines is 1. The topological polar surface area (TPSA) is 149 Å². The fourth-order valence-corrected chi connectivity index (χ4v) is 3.85. The predicted octanol–water partition coefficient (Wildman–Crippen LogP) is 1.90. The second-order valence-electron chi connectivity index (χ2n) is 8.06. The Morgan fingerprint density at radius 2 is 1.97 bits per heavy atom. The second-order valence-corrected chi connectivity index (χ2v) is 8.99. The van der Waals surface area contributed by atoms with E-state index < -0.39 is 17.2 Å². The van der Waals surface area contributed by atoms with E-state index in [0.717, 1.165) is 22.9 Å². The molecule has 0 radical (unpaired) electrons. The number of benzene rings is 1. The summed E-state index contributed by atoms with van der Waals surface area (Å²) >= 11 is 1.04. The number of carbonyl (C=O) groups is 1. The summed E-state index contributed by atoms with van der Waals surface area (Å²) in [4.78, 5) is 41.5. The van der Waals surface area contributed by atoms with Gasteiger partial charge in [0.1, 0.15) is 5.82 Å². The van der Waals surface area contributed by atoms with Gasteiger partial charge in [-0.3, -0.25) is 19.1 Å². The van der Waals surface area contributed by atoms with Crippen molar-refractivity contribution in [3.8, 4) is 11.5 Å². The average molecular weight is 489 g/mol. The first-order chi connectivity index (χ1) is 16.2. The average Bonchev–Trinajstić information content (AvgIpc) is 3.26. The lowest BCUT2D eigenvalue weighted by Gasteiger charge is -2.24. The zero-order chi connectivity index (χ0) is 24.8. The molecule has 0 spiro atoms. The Morgan fingerprint density at radius 1 is 1.26 bits per heavy atom. The molecule has 0 aliphatic carbocycles. The molecule has 34 heavy (non-hydrogen) atoms. The lowest BCUT2D eigenvalue weighted by Crippen LogP contribution is -2.43. The number of hydrogen-bond donors (Lipinski definition) is 2. The highest BCUT2D eigenvalue weighted by Crippen LogP contribution is 2.25. The third kappa shape index (κ3) is 5.94. The molecule has 3 aromatic rings. The number of nitrogen functional groups attached to an aromatic ring is 1. The van der Waals surface area contributed by atoms with Crippen molar-refractivity contribution >= 4 is 29.2 Å². The van der Waals surface area contributed by atoms with Gasteiger partial charge in [0.15, 0.2) is 5.69 Å². The predicted molar refractivity (Wildman–Crippen MR) is 130 cm³/mol. The summed E-state index contributed by atoms with van der Waals surface area (Å²) in [5, 5.41) is 8.23. The summed E-state index contributed by atoms with van der Waals surface area (Å²) in [5.74, 6) is -0.160. The number of aryl methyl sites for hydroxylation is 1. The molecule has 0 bridgehead atoms. The number of H-pyrrole nitrogens is 1. The fraction of sp³-hybridized carbons (Fsp3) is 0.409. The maximum atomic E-state index is 13.1. The van der Waals surface area contributed by atoms with E-state index in [0.29, 0.717) is 12.4 Å². The maximum Gasteiger partial charge on any atom is 0.330 e. The van der Waals surface area contributed by atoms with Gasteiger partial charge >= 0.3 is 5.69 Å². The monoisotopic (exact) mass is 488 g/mol. The summed E-state index contributed by atoms with van der Waals surface area (Å²) < 4.78 is 12.0. The van der Waals surface area contributed by atoms with Gasteiger partial charge in [-0.15, -0.1) is 10.2 Å². The van der Waals surface area contributed by atoms with E-state index >= 15 is 0 Å². The first-order valence-electron chi connectivity index (χ1n) is 10.7. The number of hydrogen-bond acceptors (Lipinski definition) is 9. The van der Waals surface area contributed by atoms with Gasteiger partial charge in [-0.2, -0.15) is 0 Å². The Morgan fingerprint density at radius 3 is 2.62 bits per heavy atom. The highest BCUT2D eigenvalue weighted by atomic mass is 32.2. The lowest BCUT2D eigenvalue weighted by atomic mass is 10.1. The molecule has 11 nitrogen and oxygen atoms in total. The number of nitrogens with two attached hydrogens (primary N) is 1. The van der Waals surface area contributed by atoms with Gasteiger partial charge in [-0.25, -0.2) is 4.79 Å². The third-order valence-corrected chi connectivity index (χ3v) is 5.68. The van der Waals surface area contributed by atoms with Crippen molar-refractivity contribution < 1.29 is 13.9 Å². The third-order valence-electron chi connectivity index (χ3n) is 4.88. The number of nitrogens with one attached hydrogen (secondary N) is 1. The molecule has 0 saturated carbocycles. The number of thioether (sulfide) groups is 1. The van der Waals surface area contributed by atoms with Gasteiger partial charge in [0.2, 0.25) is 11.8 Å². The van der Waals surface area contributed by atoms with E-state index in [1.165, 1.54) is 16.6 Å². The molecule has 3 N–H and O–H groups in total. The van der Waals surface area contributed by atoms with Crippen molar-refractivity contribution in [2.75, 3.05) is 36.6 Å². The summed E-state index contributed by atoms with van der Waals surface area (Å²) in [6, 6.07) is 7.61. The summed E-state index contributed by atoms with van der Waals surface area (Å²) in [5.41, 5.74) is 6.61. The Balaban J connectivity index is 1.82. The molecule has 0 saturated heterocycles. The van der Waals surface area contributed by atoms with Crippen molar-refractivity contribution in [2.45, 2.75) is 32.5 Å². The molecule has 0 aliphatic rings. The number of methoxy groups -OCH3 is 1. The van der Waals surface area contributed by atoms with Gasteiger partial charge in [-0.05, 0) is 25.0 Å². The Labute approximate surface area is 200 Å². The Bertz CT molecular complexity index is 1250. The van der Waals surface area contributed by atoms with Crippen molar-refractivity contribution in [1.82, 2.24) is 19.7 Å². The maximum absolute atomic E-state index is 13.1. The number of carbonyl (C=O) groups excluding carboxylic acids is 1. The SMILES string of the molecule is COCCN(C(=O)CSc1nnc(-c2ccc(C)cc2)o1)c1c(N)n(CC(C)C)c(=O)[nH]c1=O. The van der Waals surface area contributed by atoms with Gasteiger partial charge < -0.3 is 19.8 Å². The molecule has 2 aromatic heterocycles. The zero-order valence-electron chi connectivity index (χ0n) is 19.5. The lowest BCUT2D eigenvalue weighted by molar-refractivity contribution is -0.116. The molecular weight excluding hydrogens is 460 g/mol. The van der Waals surface area contributed by atoms with Crippen LogP contribution >= 0.6 is 11.8 Å². The highest BCUT2D eigenvalue weighted by molar-refractivity contribution is 7.99. The number of anilines is 2. The van der Waals surface area contributed by atoms with E-state index in [1.807, 2.05) is 45.0 Å². The van der Waals surface area contributed by atoms with Crippen LogP contribution in [0.1, 0.15) is 19.4 Å². The van der Waals surface area contributed by atoms with Crippen molar-refractivity contribution in [3.05, 3.63) is 50.7 Å². The van der Waals surface area contributed by atoms with Gasteiger partial charge in [0.25, 0.3) is 10.8 Å². The molecule has 1 aromatic carbocycles. The first kappa shape index (κ1) is 25.2. The molecule has 2 heterocycles. The van der Waals surface area contributed by atoms with E-state index in [4.69, 9.17) is 14.9 Å². The number of nitrogens with zero attached hydrogens (tertiary/aromatic N) is 4. The highest BCUT2D eigenvalue weighted by Gasteiger charge is 2.25. The summed E-state index contributed by atoms with van der Waals surface area (Å²) in [6.07, 6.45) is 0. The smallest absolute Gasteiger partial charge is 0.330 e. The standard InChI is InChI=1S/C22H28N6O5S/c1-13(2)11-28-18(23)17(19(30)24-21(28)31)27(9-10-32-4)16(29)12-34-22-26-25-20(33-22)15-7-5-14(3)6-8-15/h5-8,13H,9-12,23H2,1-4H3,(H,24,30,31). The van der Waals surface area contributed by atoms with Crippen LogP contribution in [-0.2, 0) is 16.1 Å². The van der Waals surface area contributed by atoms with E-state index in [-0.39, 0.29) is 41.6 Å². The Kier molecular flexibility index (Phi) is 8.29. The molecule has 182 valence electrons.